The summed E-state index contributed by atoms with van der Waals surface area (Å²) >= 11 is 0. The van der Waals surface area contributed by atoms with E-state index in [9.17, 15) is 4.79 Å². The number of carbonyl (C=O) groups is 1. The molecule has 1 heterocycles. The summed E-state index contributed by atoms with van der Waals surface area (Å²) in [5, 5.41) is 3.12. The summed E-state index contributed by atoms with van der Waals surface area (Å²) in [4.78, 5) is 19.0. The van der Waals surface area contributed by atoms with Crippen molar-refractivity contribution in [3.63, 3.8) is 0 Å². The van der Waals surface area contributed by atoms with Gasteiger partial charge in [-0.1, -0.05) is 12.5 Å². The fourth-order valence-electron chi connectivity index (χ4n) is 1.84. The van der Waals surface area contributed by atoms with Gasteiger partial charge in [0.05, 0.1) is 6.54 Å². The monoisotopic (exact) mass is 261 g/mol. The van der Waals surface area contributed by atoms with Gasteiger partial charge in [-0.2, -0.15) is 0 Å². The van der Waals surface area contributed by atoms with Crippen LogP contribution in [-0.2, 0) is 6.54 Å². The Morgan fingerprint density at radius 2 is 2.21 bits per heavy atom. The van der Waals surface area contributed by atoms with Gasteiger partial charge in [0.2, 0.25) is 0 Å². The summed E-state index contributed by atoms with van der Waals surface area (Å²) in [7, 11) is 0. The molecule has 1 aromatic heterocycles. The van der Waals surface area contributed by atoms with Crippen molar-refractivity contribution in [2.45, 2.75) is 25.8 Å². The second-order valence-corrected chi connectivity index (χ2v) is 4.80. The Morgan fingerprint density at radius 3 is 2.74 bits per heavy atom. The lowest BCUT2D eigenvalue weighted by Gasteiger charge is -2.25. The fourth-order valence-corrected chi connectivity index (χ4v) is 1.84. The highest BCUT2D eigenvalue weighted by molar-refractivity contribution is 5.90. The number of nitrogens with two attached hydrogens (primary N) is 2. The number of nitrogens with one attached hydrogen (secondary N) is 1. The van der Waals surface area contributed by atoms with Gasteiger partial charge in [-0.25, -0.2) is 4.99 Å². The van der Waals surface area contributed by atoms with Crippen molar-refractivity contribution in [1.29, 1.82) is 0 Å². The molecule has 6 nitrogen and oxygen atoms in total. The minimum atomic E-state index is -0.531. The van der Waals surface area contributed by atoms with E-state index < -0.39 is 5.91 Å². The van der Waals surface area contributed by atoms with Gasteiger partial charge in [0.25, 0.3) is 5.91 Å². The van der Waals surface area contributed by atoms with Gasteiger partial charge >= 0.3 is 0 Å². The van der Waals surface area contributed by atoms with E-state index in [0.29, 0.717) is 12.5 Å². The molecule has 1 fully saturated rings. The lowest BCUT2D eigenvalue weighted by molar-refractivity contribution is 0.0995. The summed E-state index contributed by atoms with van der Waals surface area (Å²) in [5.41, 5.74) is 12.0. The van der Waals surface area contributed by atoms with E-state index in [1.165, 1.54) is 19.3 Å². The predicted molar refractivity (Wildman–Crippen MR) is 73.4 cm³/mol. The average Bonchev–Trinajstić information content (AvgIpc) is 2.35. The third-order valence-corrected chi connectivity index (χ3v) is 3.31. The fraction of sp³-hybridized carbons (Fsp3) is 0.462. The first kappa shape index (κ1) is 13.3. The number of nitrogens with zero attached hydrogens (tertiary/aromatic N) is 2. The molecule has 0 aromatic carbocycles. The van der Waals surface area contributed by atoms with Crippen LogP contribution in [-0.4, -0.2) is 23.4 Å². The molecule has 0 aliphatic heterocycles. The zero-order valence-electron chi connectivity index (χ0n) is 10.8. The molecule has 0 saturated heterocycles. The summed E-state index contributed by atoms with van der Waals surface area (Å²) in [6.07, 6.45) is 5.46. The van der Waals surface area contributed by atoms with Gasteiger partial charge in [-0.3, -0.25) is 9.78 Å². The number of primary amides is 1. The lowest BCUT2D eigenvalue weighted by atomic mass is 9.85. The second kappa shape index (κ2) is 6.17. The maximum atomic E-state index is 10.9. The van der Waals surface area contributed by atoms with Crippen LogP contribution in [0.4, 0.5) is 0 Å². The summed E-state index contributed by atoms with van der Waals surface area (Å²) < 4.78 is 0. The standard InChI is InChI=1S/C13H19N5O/c14-12(19)11-5-4-10(7-16-11)8-18-13(15)17-6-9-2-1-3-9/h4-5,7,9H,1-3,6,8H2,(H2,14,19)(H3,15,17,18). The Kier molecular flexibility index (Phi) is 4.33. The van der Waals surface area contributed by atoms with E-state index in [1.54, 1.807) is 18.3 Å². The van der Waals surface area contributed by atoms with Gasteiger partial charge < -0.3 is 16.8 Å². The van der Waals surface area contributed by atoms with Gasteiger partial charge in [0.1, 0.15) is 5.69 Å². The molecule has 5 N–H and O–H groups in total. The van der Waals surface area contributed by atoms with Gasteiger partial charge in [-0.15, -0.1) is 0 Å². The molecular formula is C13H19N5O. The van der Waals surface area contributed by atoms with Crippen LogP contribution < -0.4 is 16.8 Å². The summed E-state index contributed by atoms with van der Waals surface area (Å²) in [5.74, 6) is 0.660. The maximum absolute atomic E-state index is 10.9. The topological polar surface area (TPSA) is 106 Å². The van der Waals surface area contributed by atoms with Crippen molar-refractivity contribution in [1.82, 2.24) is 10.3 Å². The van der Waals surface area contributed by atoms with Crippen LogP contribution in [0, 0.1) is 5.92 Å². The second-order valence-electron chi connectivity index (χ2n) is 4.80. The molecule has 2 rings (SSSR count). The first-order chi connectivity index (χ1) is 9.15. The molecule has 1 aromatic rings. The van der Waals surface area contributed by atoms with Crippen LogP contribution >= 0.6 is 0 Å². The zero-order valence-corrected chi connectivity index (χ0v) is 10.8. The molecule has 0 radical (unpaired) electrons. The number of amides is 1. The number of aromatic nitrogens is 1. The number of hydrogen-bond donors (Lipinski definition) is 3. The van der Waals surface area contributed by atoms with Crippen LogP contribution in [0.2, 0.25) is 0 Å². The Balaban J connectivity index is 1.80. The molecule has 19 heavy (non-hydrogen) atoms. The third kappa shape index (κ3) is 3.94. The highest BCUT2D eigenvalue weighted by atomic mass is 16.1. The average molecular weight is 261 g/mol. The molecule has 0 bridgehead atoms. The molecular weight excluding hydrogens is 242 g/mol. The molecule has 1 aliphatic rings. The van der Waals surface area contributed by atoms with Crippen molar-refractivity contribution < 1.29 is 4.79 Å². The van der Waals surface area contributed by atoms with E-state index >= 15 is 0 Å². The molecule has 1 saturated carbocycles. The van der Waals surface area contributed by atoms with Crippen LogP contribution in [0.3, 0.4) is 0 Å². The highest BCUT2D eigenvalue weighted by Gasteiger charge is 2.16. The molecule has 0 atom stereocenters. The molecule has 1 aliphatic carbocycles. The zero-order chi connectivity index (χ0) is 13.7. The van der Waals surface area contributed by atoms with Gasteiger partial charge in [0, 0.05) is 12.7 Å². The van der Waals surface area contributed by atoms with Crippen molar-refractivity contribution >= 4 is 11.9 Å². The van der Waals surface area contributed by atoms with Crippen molar-refractivity contribution in [2.75, 3.05) is 6.54 Å². The van der Waals surface area contributed by atoms with E-state index in [4.69, 9.17) is 11.5 Å². The van der Waals surface area contributed by atoms with Gasteiger partial charge in [0.15, 0.2) is 5.96 Å². The third-order valence-electron chi connectivity index (χ3n) is 3.31. The minimum Gasteiger partial charge on any atom is -0.370 e. The first-order valence-corrected chi connectivity index (χ1v) is 6.43. The number of carbonyl (C=O) groups excluding carboxylic acids is 1. The lowest BCUT2D eigenvalue weighted by Crippen LogP contribution is -2.37. The first-order valence-electron chi connectivity index (χ1n) is 6.43. The van der Waals surface area contributed by atoms with Crippen LogP contribution in [0.25, 0.3) is 0 Å². The Hall–Kier alpha value is -2.11. The van der Waals surface area contributed by atoms with Crippen molar-refractivity contribution in [2.24, 2.45) is 22.4 Å². The van der Waals surface area contributed by atoms with Gasteiger partial charge in [-0.05, 0) is 30.4 Å². The number of rotatable bonds is 5. The number of guanidine groups is 1. The number of aliphatic imine (C=N–C) groups is 1. The molecule has 6 heteroatoms. The maximum Gasteiger partial charge on any atom is 0.267 e. The number of hydrogen-bond acceptors (Lipinski definition) is 3. The highest BCUT2D eigenvalue weighted by Crippen LogP contribution is 2.24. The predicted octanol–water partition coefficient (Wildman–Crippen LogP) is 0.385. The smallest absolute Gasteiger partial charge is 0.267 e. The van der Waals surface area contributed by atoms with Crippen LogP contribution in [0.1, 0.15) is 35.3 Å². The Labute approximate surface area is 112 Å². The van der Waals surface area contributed by atoms with E-state index in [1.807, 2.05) is 0 Å². The largest absolute Gasteiger partial charge is 0.370 e. The Bertz CT molecular complexity index is 464. The van der Waals surface area contributed by atoms with Crippen LogP contribution in [0.15, 0.2) is 23.3 Å². The van der Waals surface area contributed by atoms with E-state index in [-0.39, 0.29) is 5.69 Å². The molecule has 0 unspecified atom stereocenters. The van der Waals surface area contributed by atoms with E-state index in [0.717, 1.165) is 18.0 Å². The quantitative estimate of drug-likeness (QED) is 0.526. The summed E-state index contributed by atoms with van der Waals surface area (Å²) in [6, 6.07) is 3.36. The Morgan fingerprint density at radius 1 is 1.42 bits per heavy atom. The van der Waals surface area contributed by atoms with Crippen molar-refractivity contribution in [3.8, 4) is 0 Å². The van der Waals surface area contributed by atoms with Crippen molar-refractivity contribution in [3.05, 3.63) is 29.6 Å². The molecule has 102 valence electrons. The van der Waals surface area contributed by atoms with Crippen LogP contribution in [0.5, 0.6) is 0 Å². The minimum absolute atomic E-state index is 0.254. The molecule has 0 spiro atoms. The normalized spacial score (nSPS) is 15.9. The summed E-state index contributed by atoms with van der Waals surface area (Å²) in [6.45, 7) is 1.34. The number of pyridine rings is 1. The SMILES string of the molecule is NC(=O)c1ccc(CN=C(N)NCC2CCC2)cn1. The molecule has 1 amide bonds. The van der Waals surface area contributed by atoms with E-state index in [2.05, 4.69) is 15.3 Å².